The molecular weight excluding hydrogens is 489 g/mol. The minimum Gasteiger partial charge on any atom is -0.481 e. The Morgan fingerprint density at radius 2 is 1.77 bits per heavy atom. The number of nitrogens with zero attached hydrogens (tertiary/aromatic N) is 2. The zero-order valence-corrected chi connectivity index (χ0v) is 21.1. The maximum atomic E-state index is 13.7. The van der Waals surface area contributed by atoms with E-state index in [4.69, 9.17) is 33.3 Å². The molecule has 1 aliphatic heterocycles. The lowest BCUT2D eigenvalue weighted by molar-refractivity contribution is -0.137. The summed E-state index contributed by atoms with van der Waals surface area (Å²) in [6, 6.07) is 12.0. The number of carboxylic acid groups (broad SMARTS) is 1. The monoisotopic (exact) mass is 515 g/mol. The Bertz CT molecular complexity index is 1170. The SMILES string of the molecule is CC1(C)N=C(c2cc(Cl)cc(Cl)c2)C(=O)N1C(c1ccc(C(=O)NCCC(=O)O)cc1)C1CCC1. The molecule has 7 nitrogen and oxygen atoms in total. The number of halogens is 2. The first-order valence-electron chi connectivity index (χ1n) is 11.6. The van der Waals surface area contributed by atoms with Crippen LogP contribution in [0.2, 0.25) is 10.0 Å². The smallest absolute Gasteiger partial charge is 0.305 e. The van der Waals surface area contributed by atoms with E-state index in [0.29, 0.717) is 26.9 Å². The van der Waals surface area contributed by atoms with E-state index in [1.807, 2.05) is 30.9 Å². The first-order chi connectivity index (χ1) is 16.6. The Morgan fingerprint density at radius 3 is 2.31 bits per heavy atom. The summed E-state index contributed by atoms with van der Waals surface area (Å²) >= 11 is 12.4. The van der Waals surface area contributed by atoms with E-state index < -0.39 is 11.6 Å². The van der Waals surface area contributed by atoms with Crippen LogP contribution in [-0.4, -0.2) is 45.7 Å². The van der Waals surface area contributed by atoms with Crippen LogP contribution < -0.4 is 5.32 Å². The number of amides is 2. The molecule has 0 aromatic heterocycles. The van der Waals surface area contributed by atoms with Crippen molar-refractivity contribution in [1.29, 1.82) is 0 Å². The predicted molar refractivity (Wildman–Crippen MR) is 135 cm³/mol. The molecule has 0 saturated heterocycles. The van der Waals surface area contributed by atoms with Crippen molar-refractivity contribution in [3.05, 3.63) is 69.2 Å². The molecule has 4 rings (SSSR count). The molecule has 1 unspecified atom stereocenters. The van der Waals surface area contributed by atoms with E-state index >= 15 is 0 Å². The average molecular weight is 516 g/mol. The topological polar surface area (TPSA) is 99.1 Å². The Morgan fingerprint density at radius 1 is 1.14 bits per heavy atom. The molecule has 2 aliphatic rings. The van der Waals surface area contributed by atoms with E-state index in [1.165, 1.54) is 0 Å². The highest BCUT2D eigenvalue weighted by Gasteiger charge is 2.48. The van der Waals surface area contributed by atoms with Crippen molar-refractivity contribution in [1.82, 2.24) is 10.2 Å². The fourth-order valence-corrected chi connectivity index (χ4v) is 5.21. The lowest BCUT2D eigenvalue weighted by Crippen LogP contribution is -2.48. The van der Waals surface area contributed by atoms with Gasteiger partial charge in [0.25, 0.3) is 11.8 Å². The minimum atomic E-state index is -0.969. The van der Waals surface area contributed by atoms with Gasteiger partial charge in [-0.25, -0.2) is 0 Å². The van der Waals surface area contributed by atoms with Crippen LogP contribution in [0.15, 0.2) is 47.5 Å². The second-order valence-electron chi connectivity index (χ2n) is 9.45. The molecule has 35 heavy (non-hydrogen) atoms. The number of carbonyl (C=O) groups excluding carboxylic acids is 2. The van der Waals surface area contributed by atoms with Gasteiger partial charge < -0.3 is 15.3 Å². The van der Waals surface area contributed by atoms with Gasteiger partial charge in [-0.05, 0) is 68.5 Å². The van der Waals surface area contributed by atoms with Crippen molar-refractivity contribution in [3.8, 4) is 0 Å². The van der Waals surface area contributed by atoms with E-state index in [9.17, 15) is 14.4 Å². The number of rotatable bonds is 8. The zero-order valence-electron chi connectivity index (χ0n) is 19.6. The standard InChI is InChI=1S/C26H27Cl2N3O4/c1-26(2)30-22(18-12-19(27)14-20(28)13-18)25(35)31(26)23(15-4-3-5-15)16-6-8-17(9-7-16)24(34)29-11-10-21(32)33/h6-9,12-15,23H,3-5,10-11H2,1-2H3,(H,29,34)(H,32,33). The summed E-state index contributed by atoms with van der Waals surface area (Å²) in [7, 11) is 0. The van der Waals surface area contributed by atoms with Crippen molar-refractivity contribution >= 4 is 46.7 Å². The molecule has 1 fully saturated rings. The molecule has 0 radical (unpaired) electrons. The molecule has 2 N–H and O–H groups in total. The summed E-state index contributed by atoms with van der Waals surface area (Å²) in [6.45, 7) is 3.89. The number of nitrogens with one attached hydrogen (secondary N) is 1. The molecule has 9 heteroatoms. The van der Waals surface area contributed by atoms with Crippen LogP contribution in [0.3, 0.4) is 0 Å². The Kier molecular flexibility index (Phi) is 7.20. The molecule has 2 amide bonds. The molecule has 2 aromatic rings. The van der Waals surface area contributed by atoms with E-state index in [-0.39, 0.29) is 36.7 Å². The number of hydrogen-bond acceptors (Lipinski definition) is 4. The van der Waals surface area contributed by atoms with Crippen molar-refractivity contribution in [2.24, 2.45) is 10.9 Å². The fourth-order valence-electron chi connectivity index (χ4n) is 4.69. The van der Waals surface area contributed by atoms with Gasteiger partial charge in [-0.2, -0.15) is 0 Å². The Labute approximate surface area is 214 Å². The summed E-state index contributed by atoms with van der Waals surface area (Å²) in [6.07, 6.45) is 2.96. The van der Waals surface area contributed by atoms with Gasteiger partial charge in [0.1, 0.15) is 11.4 Å². The largest absolute Gasteiger partial charge is 0.481 e. The molecule has 0 spiro atoms. The lowest BCUT2D eigenvalue weighted by atomic mass is 9.75. The van der Waals surface area contributed by atoms with Gasteiger partial charge >= 0.3 is 5.97 Å². The lowest BCUT2D eigenvalue weighted by Gasteiger charge is -2.44. The van der Waals surface area contributed by atoms with Gasteiger partial charge in [0.15, 0.2) is 0 Å². The van der Waals surface area contributed by atoms with Crippen LogP contribution in [0.1, 0.15) is 67.1 Å². The molecule has 2 aromatic carbocycles. The van der Waals surface area contributed by atoms with Gasteiger partial charge in [0.05, 0.1) is 12.5 Å². The van der Waals surface area contributed by atoms with Crippen LogP contribution in [0, 0.1) is 5.92 Å². The fraction of sp³-hybridized carbons (Fsp3) is 0.385. The molecule has 1 aliphatic carbocycles. The number of carbonyl (C=O) groups is 3. The van der Waals surface area contributed by atoms with E-state index in [0.717, 1.165) is 24.8 Å². The summed E-state index contributed by atoms with van der Waals surface area (Å²) in [5.74, 6) is -1.20. The first-order valence-corrected chi connectivity index (χ1v) is 12.3. The molecule has 1 saturated carbocycles. The number of aliphatic imine (C=N–C) groups is 1. The van der Waals surface area contributed by atoms with Crippen LogP contribution in [0.5, 0.6) is 0 Å². The summed E-state index contributed by atoms with van der Waals surface area (Å²) in [4.78, 5) is 43.4. The number of benzene rings is 2. The maximum Gasteiger partial charge on any atom is 0.305 e. The molecular formula is C26H27Cl2N3O4. The van der Waals surface area contributed by atoms with E-state index in [2.05, 4.69) is 5.32 Å². The summed E-state index contributed by atoms with van der Waals surface area (Å²) < 4.78 is 0. The molecule has 184 valence electrons. The third kappa shape index (κ3) is 5.36. The van der Waals surface area contributed by atoms with Crippen LogP contribution >= 0.6 is 23.2 Å². The van der Waals surface area contributed by atoms with Crippen molar-refractivity contribution in [2.75, 3.05) is 6.54 Å². The number of hydrogen-bond donors (Lipinski definition) is 2. The number of carboxylic acids is 1. The highest BCUT2D eigenvalue weighted by molar-refractivity contribution is 6.47. The minimum absolute atomic E-state index is 0.0602. The average Bonchev–Trinajstić information content (AvgIpc) is 2.98. The second-order valence-corrected chi connectivity index (χ2v) is 10.3. The summed E-state index contributed by atoms with van der Waals surface area (Å²) in [5, 5.41) is 12.2. The Balaban J connectivity index is 1.61. The third-order valence-electron chi connectivity index (χ3n) is 6.55. The zero-order chi connectivity index (χ0) is 25.3. The Hall–Kier alpha value is -2.90. The highest BCUT2D eigenvalue weighted by Crippen LogP contribution is 2.46. The number of aliphatic carboxylic acids is 1. The normalized spacial score (nSPS) is 18.1. The van der Waals surface area contributed by atoms with Crippen molar-refractivity contribution in [3.63, 3.8) is 0 Å². The molecule has 1 atom stereocenters. The van der Waals surface area contributed by atoms with Gasteiger partial charge in [0.2, 0.25) is 0 Å². The van der Waals surface area contributed by atoms with Crippen LogP contribution in [0.25, 0.3) is 0 Å². The first kappa shape index (κ1) is 25.2. The molecule has 0 bridgehead atoms. The van der Waals surface area contributed by atoms with Gasteiger partial charge in [0, 0.05) is 27.7 Å². The van der Waals surface area contributed by atoms with Gasteiger partial charge in [-0.15, -0.1) is 0 Å². The molecule has 1 heterocycles. The van der Waals surface area contributed by atoms with Crippen molar-refractivity contribution < 1.29 is 19.5 Å². The van der Waals surface area contributed by atoms with E-state index in [1.54, 1.807) is 30.3 Å². The maximum absolute atomic E-state index is 13.7. The second kappa shape index (κ2) is 9.99. The van der Waals surface area contributed by atoms with Crippen LogP contribution in [0.4, 0.5) is 0 Å². The summed E-state index contributed by atoms with van der Waals surface area (Å²) in [5.41, 5.74) is 1.50. The van der Waals surface area contributed by atoms with Crippen molar-refractivity contribution in [2.45, 2.75) is 51.2 Å². The predicted octanol–water partition coefficient (Wildman–Crippen LogP) is 5.11. The van der Waals surface area contributed by atoms with Gasteiger partial charge in [-0.1, -0.05) is 41.8 Å². The quantitative estimate of drug-likeness (QED) is 0.510. The van der Waals surface area contributed by atoms with Crippen LogP contribution in [-0.2, 0) is 9.59 Å². The third-order valence-corrected chi connectivity index (χ3v) is 6.98. The highest BCUT2D eigenvalue weighted by atomic mass is 35.5. The van der Waals surface area contributed by atoms with Gasteiger partial charge in [-0.3, -0.25) is 19.4 Å².